The Labute approximate surface area is 177 Å². The molecule has 0 fully saturated rings. The lowest BCUT2D eigenvalue weighted by Crippen LogP contribution is -2.45. The summed E-state index contributed by atoms with van der Waals surface area (Å²) in [6.45, 7) is -0.211. The summed E-state index contributed by atoms with van der Waals surface area (Å²) in [5.74, 6) is -1.83. The van der Waals surface area contributed by atoms with Gasteiger partial charge < -0.3 is 19.1 Å². The zero-order chi connectivity index (χ0) is 22.3. The monoisotopic (exact) mass is 410 g/mol. The quantitative estimate of drug-likeness (QED) is 0.207. The van der Waals surface area contributed by atoms with E-state index in [1.165, 1.54) is 65.5 Å². The summed E-state index contributed by atoms with van der Waals surface area (Å²) < 4.78 is 27.5. The summed E-state index contributed by atoms with van der Waals surface area (Å²) in [4.78, 5) is 23.0. The molecule has 27 heavy (non-hydrogen) atoms. The molecule has 0 aromatic heterocycles. The Hall–Kier alpha value is -0.810. The van der Waals surface area contributed by atoms with Gasteiger partial charge in [0.25, 0.3) is 0 Å². The van der Waals surface area contributed by atoms with Gasteiger partial charge in [0, 0.05) is 18.8 Å². The molecule has 6 heteroatoms. The van der Waals surface area contributed by atoms with E-state index >= 15 is 0 Å². The number of quaternary nitrogens is 1. The normalized spacial score (nSPS) is 14.4. The highest BCUT2D eigenvalue weighted by atomic mass is 35.5. The van der Waals surface area contributed by atoms with Gasteiger partial charge in [0.15, 0.2) is 6.10 Å². The zero-order valence-electron chi connectivity index (χ0n) is 20.5. The number of carboxylic acids is 1. The van der Waals surface area contributed by atoms with E-state index in [0.717, 1.165) is 12.8 Å². The van der Waals surface area contributed by atoms with Crippen LogP contribution in [0, 0.1) is 0 Å². The molecule has 1 atom stereocenters. The van der Waals surface area contributed by atoms with Gasteiger partial charge in [0.05, 0.1) is 25.2 Å². The van der Waals surface area contributed by atoms with Crippen molar-refractivity contribution in [3.63, 3.8) is 0 Å². The second-order valence-electron chi connectivity index (χ2n) is 7.84. The number of carboxylic acid groups (broad SMARTS) is 1. The van der Waals surface area contributed by atoms with E-state index in [2.05, 4.69) is 6.92 Å². The number of halogens is 1. The molecule has 0 saturated heterocycles. The van der Waals surface area contributed by atoms with E-state index in [1.807, 2.05) is 0 Å². The zero-order valence-corrected chi connectivity index (χ0v) is 18.3. The summed E-state index contributed by atoms with van der Waals surface area (Å²) in [5, 5.41) is 10.9. The number of carbonyl (C=O) groups is 2. The van der Waals surface area contributed by atoms with Crippen molar-refractivity contribution in [3.8, 4) is 0 Å². The van der Waals surface area contributed by atoms with Crippen LogP contribution in [0.2, 0.25) is 0 Å². The lowest BCUT2D eigenvalue weighted by atomic mass is 10.1. The molecule has 0 heterocycles. The van der Waals surface area contributed by atoms with Gasteiger partial charge in [-0.25, -0.2) is 0 Å². The average Bonchev–Trinajstić information content (AvgIpc) is 2.57. The highest BCUT2D eigenvalue weighted by molar-refractivity contribution is 5.85. The Balaban J connectivity index is 0. The molecule has 0 aliphatic rings. The van der Waals surface area contributed by atoms with E-state index in [0.29, 0.717) is 6.42 Å². The predicted molar refractivity (Wildman–Crippen MR) is 111 cm³/mol. The van der Waals surface area contributed by atoms with Crippen molar-refractivity contribution in [1.82, 2.24) is 0 Å². The van der Waals surface area contributed by atoms with Crippen molar-refractivity contribution < 1.29 is 28.0 Å². The lowest BCUT2D eigenvalue weighted by Gasteiger charge is -2.29. The fourth-order valence-electron chi connectivity index (χ4n) is 3.02. The van der Waals surface area contributed by atoms with Crippen molar-refractivity contribution in [3.05, 3.63) is 0 Å². The van der Waals surface area contributed by atoms with Crippen LogP contribution in [0.15, 0.2) is 0 Å². The van der Waals surface area contributed by atoms with E-state index in [9.17, 15) is 14.7 Å². The van der Waals surface area contributed by atoms with Gasteiger partial charge in [-0.2, -0.15) is 0 Å². The molecule has 0 bridgehead atoms. The van der Waals surface area contributed by atoms with Crippen molar-refractivity contribution in [1.29, 1.82) is 0 Å². The summed E-state index contributed by atoms with van der Waals surface area (Å²) in [6, 6.07) is 0. The molecule has 0 aromatic rings. The molecule has 0 aromatic carbocycles. The summed E-state index contributed by atoms with van der Waals surface area (Å²) in [5.41, 5.74) is 0. The number of unbranched alkanes of at least 4 members (excludes halogenated alkanes) is 10. The Morgan fingerprint density at radius 1 is 0.963 bits per heavy atom. The second kappa shape index (κ2) is 17.3. The van der Waals surface area contributed by atoms with Gasteiger partial charge in [0.2, 0.25) is 0 Å². The van der Waals surface area contributed by atoms with E-state index in [-0.39, 0.29) is 25.4 Å². The first-order valence-electron chi connectivity index (χ1n) is 11.7. The minimum absolute atomic E-state index is 0. The molecule has 0 amide bonds. The predicted octanol–water partition coefficient (Wildman–Crippen LogP) is 3.87. The molecule has 0 N–H and O–H groups in total. The first-order valence-corrected chi connectivity index (χ1v) is 10.2. The van der Waals surface area contributed by atoms with Crippen LogP contribution < -0.4 is 5.11 Å². The second-order valence-corrected chi connectivity index (χ2v) is 7.84. The van der Waals surface area contributed by atoms with Crippen LogP contribution >= 0.6 is 12.4 Å². The molecular weight excluding hydrogens is 366 g/mol. The van der Waals surface area contributed by atoms with E-state index < -0.39 is 35.9 Å². The number of hydrogen-bond acceptors (Lipinski definition) is 4. The first kappa shape index (κ1) is 22.5. The van der Waals surface area contributed by atoms with Crippen LogP contribution in [0.3, 0.4) is 0 Å². The summed E-state index contributed by atoms with van der Waals surface area (Å²) in [7, 11) is 2.93. The molecule has 0 unspecified atom stereocenters. The van der Waals surface area contributed by atoms with Gasteiger partial charge >= 0.3 is 5.97 Å². The molecule has 0 aliphatic carbocycles. The summed E-state index contributed by atoms with van der Waals surface area (Å²) >= 11 is 0. The maximum absolute atomic E-state index is 12.0. The minimum Gasteiger partial charge on any atom is -0.550 e. The van der Waals surface area contributed by atoms with Gasteiger partial charge in [-0.05, 0) is 6.42 Å². The SMILES string of the molecule is Cl.[2H]C([2H])([2H])[N+](C)(C)C[C@@H](CC(=O)[O-])OC(=O)CCCCCCCCCCCCC. The van der Waals surface area contributed by atoms with Crippen LogP contribution in [-0.2, 0) is 14.3 Å². The minimum atomic E-state index is -2.33. The molecule has 0 radical (unpaired) electrons. The number of esters is 1. The third kappa shape index (κ3) is 21.3. The third-order valence-electron chi connectivity index (χ3n) is 4.34. The molecular formula is C21H42ClNO4. The van der Waals surface area contributed by atoms with Gasteiger partial charge in [0.1, 0.15) is 6.54 Å². The molecule has 0 spiro atoms. The Bertz CT molecular complexity index is 474. The van der Waals surface area contributed by atoms with Gasteiger partial charge in [-0.15, -0.1) is 12.4 Å². The number of hydrogen-bond donors (Lipinski definition) is 0. The highest BCUT2D eigenvalue weighted by Gasteiger charge is 2.22. The average molecular weight is 411 g/mol. The van der Waals surface area contributed by atoms with Crippen LogP contribution in [0.25, 0.3) is 0 Å². The highest BCUT2D eigenvalue weighted by Crippen LogP contribution is 2.13. The van der Waals surface area contributed by atoms with Gasteiger partial charge in [-0.3, -0.25) is 4.79 Å². The number of ether oxygens (including phenoxy) is 1. The fraction of sp³-hybridized carbons (Fsp3) is 0.905. The Kier molecular flexibility index (Phi) is 14.4. The number of likely N-dealkylation sites (N-methyl/N-ethyl adjacent to an activating group) is 1. The van der Waals surface area contributed by atoms with E-state index in [1.54, 1.807) is 0 Å². The van der Waals surface area contributed by atoms with Crippen molar-refractivity contribution in [2.75, 3.05) is 27.6 Å². The van der Waals surface area contributed by atoms with Crippen molar-refractivity contribution >= 4 is 24.3 Å². The molecule has 0 saturated carbocycles. The largest absolute Gasteiger partial charge is 0.550 e. The number of carbonyl (C=O) groups excluding carboxylic acids is 2. The maximum Gasteiger partial charge on any atom is 0.306 e. The standard InChI is InChI=1S/C21H41NO4.ClH/c1-5-6-7-8-9-10-11-12-13-14-15-16-21(25)26-19(17-20(23)24)18-22(2,3)4;/h19H,5-18H2,1-4H3;1H/t19-;/m1./s1/i2D3;. The number of nitrogens with zero attached hydrogens (tertiary/aromatic N) is 1. The number of rotatable bonds is 17. The Morgan fingerprint density at radius 2 is 1.44 bits per heavy atom. The van der Waals surface area contributed by atoms with Crippen LogP contribution in [0.4, 0.5) is 0 Å². The van der Waals surface area contributed by atoms with Crippen molar-refractivity contribution in [2.24, 2.45) is 0 Å². The lowest BCUT2D eigenvalue weighted by molar-refractivity contribution is -0.873. The Morgan fingerprint density at radius 3 is 1.89 bits per heavy atom. The number of aliphatic carboxylic acids is 1. The topological polar surface area (TPSA) is 66.4 Å². The van der Waals surface area contributed by atoms with E-state index in [4.69, 9.17) is 8.85 Å². The first-order chi connectivity index (χ1) is 13.5. The van der Waals surface area contributed by atoms with Crippen molar-refractivity contribution in [2.45, 2.75) is 96.5 Å². The third-order valence-corrected chi connectivity index (χ3v) is 4.34. The van der Waals surface area contributed by atoms with Crippen LogP contribution in [0.1, 0.15) is 94.5 Å². The molecule has 5 nitrogen and oxygen atoms in total. The summed E-state index contributed by atoms with van der Waals surface area (Å²) in [6.07, 6.45) is 11.7. The fourth-order valence-corrected chi connectivity index (χ4v) is 3.02. The molecule has 0 aliphatic heterocycles. The molecule has 0 rings (SSSR count). The van der Waals surface area contributed by atoms with Crippen LogP contribution in [-0.4, -0.2) is 50.1 Å². The maximum atomic E-state index is 12.0. The van der Waals surface area contributed by atoms with Gasteiger partial charge in [-0.1, -0.05) is 71.1 Å². The molecule has 162 valence electrons. The smallest absolute Gasteiger partial charge is 0.306 e. The van der Waals surface area contributed by atoms with Crippen LogP contribution in [0.5, 0.6) is 0 Å².